The number of aliphatic carboxylic acids is 1. The summed E-state index contributed by atoms with van der Waals surface area (Å²) in [6, 6.07) is 19.5. The summed E-state index contributed by atoms with van der Waals surface area (Å²) in [6.45, 7) is 0. The first-order chi connectivity index (χ1) is 9.61. The second-order valence-electron chi connectivity index (χ2n) is 4.16. The van der Waals surface area contributed by atoms with Gasteiger partial charge in [0.15, 0.2) is 0 Å². The van der Waals surface area contributed by atoms with Gasteiger partial charge in [0.1, 0.15) is 4.83 Å². The highest BCUT2D eigenvalue weighted by atomic mass is 79.9. The summed E-state index contributed by atoms with van der Waals surface area (Å²) in [5, 5.41) is 9.18. The van der Waals surface area contributed by atoms with E-state index in [1.807, 2.05) is 60.7 Å². The van der Waals surface area contributed by atoms with Crippen LogP contribution >= 0.6 is 31.9 Å². The number of halogens is 2. The number of alkyl halides is 1. The van der Waals surface area contributed by atoms with E-state index in [0.717, 1.165) is 16.7 Å². The van der Waals surface area contributed by atoms with Crippen LogP contribution in [0.15, 0.2) is 65.1 Å². The Hall–Kier alpha value is -1.39. The summed E-state index contributed by atoms with van der Waals surface area (Å²) in [5.74, 6) is -0.929. The molecule has 102 valence electrons. The second-order valence-corrected chi connectivity index (χ2v) is 5.93. The Morgan fingerprint density at radius 1 is 0.900 bits per heavy atom. The highest BCUT2D eigenvalue weighted by Gasteiger charge is 2.21. The minimum Gasteiger partial charge on any atom is -0.480 e. The quantitative estimate of drug-likeness (QED) is 0.762. The molecule has 1 atom stereocenters. The molecule has 1 unspecified atom stereocenters. The van der Waals surface area contributed by atoms with Gasteiger partial charge in [-0.05, 0) is 11.1 Å². The summed E-state index contributed by atoms with van der Waals surface area (Å²) in [4.78, 5) is 10.4. The second kappa shape index (κ2) is 6.86. The van der Waals surface area contributed by atoms with Crippen LogP contribution in [0.3, 0.4) is 0 Å². The first kappa shape index (κ1) is 15.0. The number of hydrogen-bond acceptors (Lipinski definition) is 1. The van der Waals surface area contributed by atoms with Gasteiger partial charge in [-0.15, -0.1) is 0 Å². The van der Waals surface area contributed by atoms with Crippen LogP contribution < -0.4 is 0 Å². The minimum absolute atomic E-state index is 0.599. The van der Waals surface area contributed by atoms with Crippen molar-refractivity contribution in [1.29, 1.82) is 0 Å². The molecule has 0 radical (unpaired) electrons. The highest BCUT2D eigenvalue weighted by molar-refractivity contribution is 9.14. The van der Waals surface area contributed by atoms with Crippen LogP contribution in [0.2, 0.25) is 0 Å². The fourth-order valence-electron chi connectivity index (χ4n) is 1.89. The van der Waals surface area contributed by atoms with E-state index in [2.05, 4.69) is 31.9 Å². The Morgan fingerprint density at radius 2 is 1.30 bits per heavy atom. The van der Waals surface area contributed by atoms with Crippen molar-refractivity contribution in [2.45, 2.75) is 4.83 Å². The summed E-state index contributed by atoms with van der Waals surface area (Å²) in [6.07, 6.45) is 0. The summed E-state index contributed by atoms with van der Waals surface area (Å²) in [7, 11) is 0. The van der Waals surface area contributed by atoms with Gasteiger partial charge in [-0.25, -0.2) is 0 Å². The van der Waals surface area contributed by atoms with Crippen molar-refractivity contribution in [3.8, 4) is 0 Å². The van der Waals surface area contributed by atoms with E-state index in [0.29, 0.717) is 4.48 Å². The van der Waals surface area contributed by atoms with E-state index < -0.39 is 10.8 Å². The number of carbonyl (C=O) groups is 1. The van der Waals surface area contributed by atoms with Crippen molar-refractivity contribution in [1.82, 2.24) is 0 Å². The molecule has 0 saturated heterocycles. The molecule has 4 heteroatoms. The van der Waals surface area contributed by atoms with Gasteiger partial charge in [-0.1, -0.05) is 92.5 Å². The van der Waals surface area contributed by atoms with Gasteiger partial charge in [-0.2, -0.15) is 0 Å². The average molecular weight is 396 g/mol. The summed E-state index contributed by atoms with van der Waals surface area (Å²) < 4.78 is 0.599. The van der Waals surface area contributed by atoms with Gasteiger partial charge < -0.3 is 5.11 Å². The van der Waals surface area contributed by atoms with E-state index in [1.165, 1.54) is 0 Å². The summed E-state index contributed by atoms with van der Waals surface area (Å²) in [5.41, 5.74) is 2.81. The van der Waals surface area contributed by atoms with Gasteiger partial charge >= 0.3 is 5.97 Å². The van der Waals surface area contributed by atoms with Crippen molar-refractivity contribution < 1.29 is 9.90 Å². The normalized spacial score (nSPS) is 11.7. The molecule has 0 heterocycles. The zero-order chi connectivity index (χ0) is 14.5. The Labute approximate surface area is 134 Å². The van der Waals surface area contributed by atoms with Gasteiger partial charge in [0, 0.05) is 10.1 Å². The molecule has 1 N–H and O–H groups in total. The smallest absolute Gasteiger partial charge is 0.322 e. The number of carboxylic acid groups (broad SMARTS) is 1. The Bertz CT molecular complexity index is 580. The maximum Gasteiger partial charge on any atom is 0.322 e. The standard InChI is InChI=1S/C16H12Br2O2/c17-14(15(18)16(19)20)13(11-7-3-1-4-8-11)12-9-5-2-6-10-12/h1-10,15H,(H,19,20). The van der Waals surface area contributed by atoms with Crippen molar-refractivity contribution in [3.63, 3.8) is 0 Å². The predicted molar refractivity (Wildman–Crippen MR) is 88.2 cm³/mol. The van der Waals surface area contributed by atoms with Crippen molar-refractivity contribution in [3.05, 3.63) is 76.3 Å². The first-order valence-corrected chi connectivity index (χ1v) is 7.69. The van der Waals surface area contributed by atoms with Crippen molar-refractivity contribution >= 4 is 43.4 Å². The van der Waals surface area contributed by atoms with Gasteiger partial charge in [-0.3, -0.25) is 4.79 Å². The minimum atomic E-state index is -0.929. The Kier molecular flexibility index (Phi) is 5.15. The molecule has 2 nitrogen and oxygen atoms in total. The molecule has 0 bridgehead atoms. The van der Waals surface area contributed by atoms with Gasteiger partial charge in [0.2, 0.25) is 0 Å². The van der Waals surface area contributed by atoms with Crippen molar-refractivity contribution in [2.75, 3.05) is 0 Å². The topological polar surface area (TPSA) is 37.3 Å². The SMILES string of the molecule is O=C(O)C(Br)C(Br)=C(c1ccccc1)c1ccccc1. The summed E-state index contributed by atoms with van der Waals surface area (Å²) >= 11 is 6.63. The predicted octanol–water partition coefficient (Wildman–Crippen LogP) is 4.69. The molecule has 0 amide bonds. The largest absolute Gasteiger partial charge is 0.480 e. The van der Waals surface area contributed by atoms with Gasteiger partial charge in [0.05, 0.1) is 0 Å². The molecular weight excluding hydrogens is 384 g/mol. The fraction of sp³-hybridized carbons (Fsp3) is 0.0625. The number of hydrogen-bond donors (Lipinski definition) is 1. The van der Waals surface area contributed by atoms with Gasteiger partial charge in [0.25, 0.3) is 0 Å². The number of rotatable bonds is 4. The molecular formula is C16H12Br2O2. The first-order valence-electron chi connectivity index (χ1n) is 5.98. The van der Waals surface area contributed by atoms with E-state index in [4.69, 9.17) is 0 Å². The van der Waals surface area contributed by atoms with Crippen LogP contribution in [-0.2, 0) is 4.79 Å². The number of carboxylic acids is 1. The van der Waals surface area contributed by atoms with Crippen LogP contribution in [0, 0.1) is 0 Å². The van der Waals surface area contributed by atoms with Crippen LogP contribution in [0.5, 0.6) is 0 Å². The van der Waals surface area contributed by atoms with E-state index in [-0.39, 0.29) is 0 Å². The van der Waals surface area contributed by atoms with E-state index in [9.17, 15) is 9.90 Å². The van der Waals surface area contributed by atoms with E-state index >= 15 is 0 Å². The highest BCUT2D eigenvalue weighted by Crippen LogP contribution is 2.34. The monoisotopic (exact) mass is 394 g/mol. The maximum atomic E-state index is 11.2. The molecule has 2 aromatic carbocycles. The zero-order valence-electron chi connectivity index (χ0n) is 10.5. The molecule has 0 aliphatic heterocycles. The molecule has 2 aromatic rings. The van der Waals surface area contributed by atoms with Crippen LogP contribution in [0.4, 0.5) is 0 Å². The lowest BCUT2D eigenvalue weighted by Crippen LogP contribution is -2.14. The van der Waals surface area contributed by atoms with Crippen molar-refractivity contribution in [2.24, 2.45) is 0 Å². The van der Waals surface area contributed by atoms with Crippen LogP contribution in [-0.4, -0.2) is 15.9 Å². The Balaban J connectivity index is 2.62. The van der Waals surface area contributed by atoms with E-state index in [1.54, 1.807) is 0 Å². The third-order valence-corrected chi connectivity index (χ3v) is 5.12. The molecule has 0 aromatic heterocycles. The molecule has 0 spiro atoms. The molecule has 0 fully saturated rings. The lowest BCUT2D eigenvalue weighted by atomic mass is 9.97. The average Bonchev–Trinajstić information content (AvgIpc) is 2.48. The lowest BCUT2D eigenvalue weighted by molar-refractivity contribution is -0.135. The maximum absolute atomic E-state index is 11.2. The Morgan fingerprint density at radius 3 is 1.65 bits per heavy atom. The number of benzene rings is 2. The fourth-order valence-corrected chi connectivity index (χ4v) is 2.77. The van der Waals surface area contributed by atoms with Crippen LogP contribution in [0.25, 0.3) is 5.57 Å². The molecule has 0 saturated carbocycles. The van der Waals surface area contributed by atoms with Crippen LogP contribution in [0.1, 0.15) is 11.1 Å². The zero-order valence-corrected chi connectivity index (χ0v) is 13.6. The third kappa shape index (κ3) is 3.38. The third-order valence-electron chi connectivity index (χ3n) is 2.80. The molecule has 2 rings (SSSR count). The molecule has 0 aliphatic rings. The molecule has 0 aliphatic carbocycles. The lowest BCUT2D eigenvalue weighted by Gasteiger charge is -2.14. The molecule has 20 heavy (non-hydrogen) atoms.